The van der Waals surface area contributed by atoms with Gasteiger partial charge in [-0.1, -0.05) is 36.4 Å². The number of pyridine rings is 1. The van der Waals surface area contributed by atoms with Crippen molar-refractivity contribution in [1.82, 2.24) is 4.98 Å². The van der Waals surface area contributed by atoms with E-state index in [0.717, 1.165) is 16.7 Å². The number of aromatic nitrogens is 1. The van der Waals surface area contributed by atoms with Crippen LogP contribution >= 0.6 is 0 Å². The number of nitrogens with two attached hydrogens (primary N) is 1. The number of carboxylic acid groups (broad SMARTS) is 1. The van der Waals surface area contributed by atoms with Gasteiger partial charge in [0, 0.05) is 5.56 Å². The maximum atomic E-state index is 11.1. The lowest BCUT2D eigenvalue weighted by molar-refractivity contribution is 0.0697. The number of furan rings is 1. The Balaban J connectivity index is 1.82. The Morgan fingerprint density at radius 1 is 0.897 bits per heavy atom. The Hall–Kier alpha value is -3.74. The molecule has 0 radical (unpaired) electrons. The predicted octanol–water partition coefficient (Wildman–Crippen LogP) is 4.32. The minimum atomic E-state index is -1.02. The second kappa shape index (κ2) is 7.71. The highest BCUT2D eigenvalue weighted by atomic mass is 16.4. The lowest BCUT2D eigenvalue weighted by Gasteiger charge is -2.10. The van der Waals surface area contributed by atoms with Crippen molar-refractivity contribution < 1.29 is 19.4 Å². The van der Waals surface area contributed by atoms with Crippen LogP contribution in [0.3, 0.4) is 0 Å². The molecule has 144 valence electrons. The molecular weight excluding hydrogens is 368 g/mol. The van der Waals surface area contributed by atoms with E-state index in [2.05, 4.69) is 0 Å². The van der Waals surface area contributed by atoms with Crippen molar-refractivity contribution in [3.63, 3.8) is 0 Å². The molecule has 0 saturated heterocycles. The fourth-order valence-electron chi connectivity index (χ4n) is 3.05. The van der Waals surface area contributed by atoms with E-state index in [1.54, 1.807) is 48.7 Å². The zero-order chi connectivity index (χ0) is 20.4. The first-order valence-corrected chi connectivity index (χ1v) is 8.95. The van der Waals surface area contributed by atoms with Gasteiger partial charge in [0.15, 0.2) is 5.76 Å². The number of benzene rings is 2. The third-order valence-corrected chi connectivity index (χ3v) is 4.61. The highest BCUT2D eigenvalue weighted by Crippen LogP contribution is 2.31. The van der Waals surface area contributed by atoms with Gasteiger partial charge in [0.25, 0.3) is 0 Å². The molecule has 2 aromatic carbocycles. The summed E-state index contributed by atoms with van der Waals surface area (Å²) >= 11 is 0. The first-order valence-electron chi connectivity index (χ1n) is 8.95. The monoisotopic (exact) mass is 386 g/mol. The van der Waals surface area contributed by atoms with Gasteiger partial charge in [-0.3, -0.25) is 0 Å². The fraction of sp³-hybridized carbons (Fsp3) is 0.0435. The Labute approximate surface area is 166 Å². The van der Waals surface area contributed by atoms with Crippen molar-refractivity contribution in [1.29, 1.82) is 0 Å². The molecule has 0 spiro atoms. The molecule has 4 N–H and O–H groups in total. The van der Waals surface area contributed by atoms with Crippen molar-refractivity contribution in [3.05, 3.63) is 90.2 Å². The predicted molar refractivity (Wildman–Crippen MR) is 109 cm³/mol. The van der Waals surface area contributed by atoms with Crippen molar-refractivity contribution in [3.8, 4) is 33.8 Å². The van der Waals surface area contributed by atoms with E-state index in [0.29, 0.717) is 22.7 Å². The molecule has 0 bridgehead atoms. The molecule has 6 heteroatoms. The molecule has 1 unspecified atom stereocenters. The minimum Gasteiger partial charge on any atom is -0.478 e. The maximum Gasteiger partial charge on any atom is 0.335 e. The van der Waals surface area contributed by atoms with E-state index in [-0.39, 0.29) is 5.56 Å². The molecule has 0 aliphatic rings. The number of hydrogen-bond acceptors (Lipinski definition) is 5. The van der Waals surface area contributed by atoms with Crippen molar-refractivity contribution in [2.45, 2.75) is 6.23 Å². The summed E-state index contributed by atoms with van der Waals surface area (Å²) in [5.41, 5.74) is 10.3. The van der Waals surface area contributed by atoms with Crippen molar-refractivity contribution in [2.24, 2.45) is 5.73 Å². The lowest BCUT2D eigenvalue weighted by Crippen LogP contribution is -2.07. The van der Waals surface area contributed by atoms with E-state index in [1.165, 1.54) is 0 Å². The van der Waals surface area contributed by atoms with E-state index < -0.39 is 12.2 Å². The van der Waals surface area contributed by atoms with Crippen molar-refractivity contribution >= 4 is 5.97 Å². The average molecular weight is 386 g/mol. The van der Waals surface area contributed by atoms with Crippen LogP contribution in [0.15, 0.2) is 83.5 Å². The highest BCUT2D eigenvalue weighted by molar-refractivity contribution is 5.88. The topological polar surface area (TPSA) is 110 Å². The molecule has 6 nitrogen and oxygen atoms in total. The molecule has 2 heterocycles. The van der Waals surface area contributed by atoms with Gasteiger partial charge in [0.1, 0.15) is 11.9 Å². The molecule has 0 aliphatic heterocycles. The Bertz CT molecular complexity index is 1130. The quantitative estimate of drug-likeness (QED) is 0.441. The van der Waals surface area contributed by atoms with Gasteiger partial charge >= 0.3 is 5.97 Å². The Morgan fingerprint density at radius 3 is 2.14 bits per heavy atom. The van der Waals surface area contributed by atoms with Crippen LogP contribution in [0.5, 0.6) is 0 Å². The lowest BCUT2D eigenvalue weighted by atomic mass is 10.00. The molecule has 0 saturated carbocycles. The summed E-state index contributed by atoms with van der Waals surface area (Å²) in [6.45, 7) is 0. The van der Waals surface area contributed by atoms with E-state index >= 15 is 0 Å². The number of aromatic carboxylic acids is 1. The van der Waals surface area contributed by atoms with Crippen LogP contribution < -0.4 is 5.73 Å². The van der Waals surface area contributed by atoms with Gasteiger partial charge in [-0.05, 0) is 53.1 Å². The van der Waals surface area contributed by atoms with Crippen LogP contribution in [-0.2, 0) is 0 Å². The number of aliphatic hydroxyl groups excluding tert-OH is 1. The van der Waals surface area contributed by atoms with Crippen molar-refractivity contribution in [2.75, 3.05) is 0 Å². The second-order valence-electron chi connectivity index (χ2n) is 6.55. The highest BCUT2D eigenvalue weighted by Gasteiger charge is 2.12. The average Bonchev–Trinajstić information content (AvgIpc) is 3.28. The molecule has 4 rings (SSSR count). The Morgan fingerprint density at radius 2 is 1.55 bits per heavy atom. The zero-order valence-corrected chi connectivity index (χ0v) is 15.3. The number of nitrogens with zero attached hydrogens (tertiary/aromatic N) is 1. The molecule has 1 atom stereocenters. The number of hydrogen-bond donors (Lipinski definition) is 3. The van der Waals surface area contributed by atoms with Crippen LogP contribution in [0.4, 0.5) is 0 Å². The molecule has 29 heavy (non-hydrogen) atoms. The van der Waals surface area contributed by atoms with Gasteiger partial charge in [0.2, 0.25) is 0 Å². The largest absolute Gasteiger partial charge is 0.478 e. The molecule has 4 aromatic rings. The summed E-state index contributed by atoms with van der Waals surface area (Å²) in [5.74, 6) is -0.346. The van der Waals surface area contributed by atoms with Gasteiger partial charge in [0.05, 0.1) is 17.5 Å². The number of carbonyl (C=O) groups is 1. The molecule has 0 amide bonds. The number of carboxylic acids is 1. The first kappa shape index (κ1) is 18.6. The van der Waals surface area contributed by atoms with Crippen LogP contribution in [0, 0.1) is 0 Å². The summed E-state index contributed by atoms with van der Waals surface area (Å²) in [7, 11) is 0. The SMILES string of the molecule is NC(O)c1ccc(-c2cc(-c3ccc(C(=O)O)cc3)nc(-c3ccco3)c2)cc1. The second-order valence-corrected chi connectivity index (χ2v) is 6.55. The van der Waals surface area contributed by atoms with E-state index in [4.69, 9.17) is 20.2 Å². The third kappa shape index (κ3) is 3.94. The smallest absolute Gasteiger partial charge is 0.335 e. The first-order chi connectivity index (χ1) is 14.0. The van der Waals surface area contributed by atoms with Gasteiger partial charge in [-0.2, -0.15) is 0 Å². The standard InChI is InChI=1S/C23H18N2O4/c24-22(26)16-7-3-14(4-8-16)18-12-19(15-5-9-17(10-6-15)23(27)28)25-20(13-18)21-2-1-11-29-21/h1-13,22,26H,24H2,(H,27,28). The van der Waals surface area contributed by atoms with E-state index in [9.17, 15) is 9.90 Å². The van der Waals surface area contributed by atoms with Crippen LogP contribution in [0.2, 0.25) is 0 Å². The van der Waals surface area contributed by atoms with Crippen LogP contribution in [0.1, 0.15) is 22.1 Å². The van der Waals surface area contributed by atoms with E-state index in [1.807, 2.05) is 30.3 Å². The molecule has 2 aromatic heterocycles. The zero-order valence-electron chi connectivity index (χ0n) is 15.3. The molecule has 0 aliphatic carbocycles. The third-order valence-electron chi connectivity index (χ3n) is 4.61. The summed E-state index contributed by atoms with van der Waals surface area (Å²) in [6.07, 6.45) is 0.561. The Kier molecular flexibility index (Phi) is 4.95. The van der Waals surface area contributed by atoms with Gasteiger partial charge in [-0.15, -0.1) is 0 Å². The molecular formula is C23H18N2O4. The number of aliphatic hydroxyl groups is 1. The van der Waals surface area contributed by atoms with Gasteiger partial charge < -0.3 is 20.4 Å². The fourth-order valence-corrected chi connectivity index (χ4v) is 3.05. The van der Waals surface area contributed by atoms with Crippen LogP contribution in [0.25, 0.3) is 33.8 Å². The summed E-state index contributed by atoms with van der Waals surface area (Å²) in [5, 5.41) is 18.6. The number of rotatable bonds is 5. The van der Waals surface area contributed by atoms with Crippen LogP contribution in [-0.4, -0.2) is 21.2 Å². The molecule has 0 fully saturated rings. The maximum absolute atomic E-state index is 11.1. The summed E-state index contributed by atoms with van der Waals surface area (Å²) < 4.78 is 5.51. The minimum absolute atomic E-state index is 0.215. The van der Waals surface area contributed by atoms with Gasteiger partial charge in [-0.25, -0.2) is 9.78 Å². The summed E-state index contributed by atoms with van der Waals surface area (Å²) in [6, 6.07) is 21.3. The summed E-state index contributed by atoms with van der Waals surface area (Å²) in [4.78, 5) is 15.8. The normalized spacial score (nSPS) is 11.9.